The lowest BCUT2D eigenvalue weighted by Crippen LogP contribution is -2.08. The third-order valence-corrected chi connectivity index (χ3v) is 4.01. The molecule has 0 aliphatic rings. The van der Waals surface area contributed by atoms with E-state index in [1.54, 1.807) is 11.3 Å². The number of hydrogen-bond donors (Lipinski definition) is 1. The summed E-state index contributed by atoms with van der Waals surface area (Å²) in [4.78, 5) is 10.2. The maximum atomic E-state index is 4.53. The van der Waals surface area contributed by atoms with Crippen LogP contribution in [0.15, 0.2) is 28.2 Å². The van der Waals surface area contributed by atoms with Gasteiger partial charge in [-0.1, -0.05) is 13.0 Å². The molecule has 1 N–H and O–H groups in total. The largest absolute Gasteiger partial charge is 0.363 e. The molecule has 0 aliphatic heterocycles. The zero-order valence-electron chi connectivity index (χ0n) is 10.5. The molecule has 0 spiro atoms. The van der Waals surface area contributed by atoms with Crippen LogP contribution in [-0.2, 0) is 6.42 Å². The summed E-state index contributed by atoms with van der Waals surface area (Å²) in [6, 6.07) is 6.38. The minimum Gasteiger partial charge on any atom is -0.363 e. The smallest absolute Gasteiger partial charge is 0.132 e. The molecule has 0 aliphatic carbocycles. The van der Waals surface area contributed by atoms with E-state index in [0.717, 1.165) is 29.1 Å². The van der Waals surface area contributed by atoms with Crippen LogP contribution in [0.1, 0.15) is 37.0 Å². The van der Waals surface area contributed by atoms with Gasteiger partial charge < -0.3 is 5.32 Å². The lowest BCUT2D eigenvalue weighted by Gasteiger charge is -2.13. The standard InChI is InChI=1S/C13H16BrN3S/c1-3-5-12-16-11(14)8-13(17-12)15-9(2)10-6-4-7-18-10/h4,6-9H,3,5H2,1-2H3,(H,15,16,17). The molecule has 1 unspecified atom stereocenters. The van der Waals surface area contributed by atoms with Crippen molar-refractivity contribution < 1.29 is 0 Å². The highest BCUT2D eigenvalue weighted by Gasteiger charge is 2.08. The van der Waals surface area contributed by atoms with Gasteiger partial charge in [0, 0.05) is 17.4 Å². The first-order valence-electron chi connectivity index (χ1n) is 6.02. The first-order valence-corrected chi connectivity index (χ1v) is 7.69. The molecule has 3 nitrogen and oxygen atoms in total. The fourth-order valence-electron chi connectivity index (χ4n) is 1.70. The molecular weight excluding hydrogens is 310 g/mol. The Bertz CT molecular complexity index is 499. The van der Waals surface area contributed by atoms with Crippen LogP contribution >= 0.6 is 27.3 Å². The van der Waals surface area contributed by atoms with Crippen molar-refractivity contribution >= 4 is 33.1 Å². The number of nitrogens with zero attached hydrogens (tertiary/aromatic N) is 2. The van der Waals surface area contributed by atoms with E-state index in [4.69, 9.17) is 0 Å². The lowest BCUT2D eigenvalue weighted by atomic mass is 10.2. The molecular formula is C13H16BrN3S. The van der Waals surface area contributed by atoms with Crippen molar-refractivity contribution in [3.63, 3.8) is 0 Å². The Morgan fingerprint density at radius 2 is 2.28 bits per heavy atom. The summed E-state index contributed by atoms with van der Waals surface area (Å²) in [6.45, 7) is 4.27. The van der Waals surface area contributed by atoms with E-state index in [2.05, 4.69) is 62.6 Å². The average Bonchev–Trinajstić information content (AvgIpc) is 2.81. The Kier molecular flexibility index (Phi) is 4.72. The van der Waals surface area contributed by atoms with Crippen LogP contribution in [-0.4, -0.2) is 9.97 Å². The van der Waals surface area contributed by atoms with Crippen LogP contribution in [0.2, 0.25) is 0 Å². The summed E-state index contributed by atoms with van der Waals surface area (Å²) in [6.07, 6.45) is 1.96. The van der Waals surface area contributed by atoms with Crippen LogP contribution in [0.4, 0.5) is 5.82 Å². The average molecular weight is 326 g/mol. The molecule has 2 aromatic heterocycles. The van der Waals surface area contributed by atoms with E-state index in [-0.39, 0.29) is 6.04 Å². The Labute approximate surface area is 120 Å². The van der Waals surface area contributed by atoms with Gasteiger partial charge in [0.1, 0.15) is 16.2 Å². The first kappa shape index (κ1) is 13.5. The Morgan fingerprint density at radius 3 is 2.94 bits per heavy atom. The van der Waals surface area contributed by atoms with Crippen molar-refractivity contribution in [1.29, 1.82) is 0 Å². The van der Waals surface area contributed by atoms with Gasteiger partial charge in [0.05, 0.1) is 6.04 Å². The summed E-state index contributed by atoms with van der Waals surface area (Å²) < 4.78 is 0.835. The third-order valence-electron chi connectivity index (χ3n) is 2.55. The number of nitrogens with one attached hydrogen (secondary N) is 1. The van der Waals surface area contributed by atoms with Crippen molar-refractivity contribution in [2.75, 3.05) is 5.32 Å². The maximum absolute atomic E-state index is 4.53. The molecule has 0 saturated carbocycles. The topological polar surface area (TPSA) is 37.8 Å². The summed E-state index contributed by atoms with van der Waals surface area (Å²) in [5.74, 6) is 1.76. The number of anilines is 1. The van der Waals surface area contributed by atoms with Gasteiger partial charge in [0.15, 0.2) is 0 Å². The van der Waals surface area contributed by atoms with Gasteiger partial charge in [-0.3, -0.25) is 0 Å². The summed E-state index contributed by atoms with van der Waals surface area (Å²) in [7, 11) is 0. The van der Waals surface area contributed by atoms with Gasteiger partial charge in [-0.15, -0.1) is 11.3 Å². The maximum Gasteiger partial charge on any atom is 0.132 e. The van der Waals surface area contributed by atoms with Crippen LogP contribution < -0.4 is 5.32 Å². The predicted molar refractivity (Wildman–Crippen MR) is 80.1 cm³/mol. The highest BCUT2D eigenvalue weighted by Crippen LogP contribution is 2.23. The molecule has 0 saturated heterocycles. The van der Waals surface area contributed by atoms with Gasteiger partial charge in [-0.05, 0) is 40.7 Å². The fraction of sp³-hybridized carbons (Fsp3) is 0.385. The van der Waals surface area contributed by atoms with E-state index >= 15 is 0 Å². The molecule has 5 heteroatoms. The molecule has 2 aromatic rings. The minimum absolute atomic E-state index is 0.265. The highest BCUT2D eigenvalue weighted by molar-refractivity contribution is 9.10. The van der Waals surface area contributed by atoms with Gasteiger partial charge >= 0.3 is 0 Å². The number of rotatable bonds is 5. The highest BCUT2D eigenvalue weighted by atomic mass is 79.9. The predicted octanol–water partition coefficient (Wildman–Crippen LogP) is 4.43. The number of halogens is 1. The molecule has 0 aromatic carbocycles. The molecule has 0 fully saturated rings. The molecule has 0 amide bonds. The third kappa shape index (κ3) is 3.53. The molecule has 2 heterocycles. The van der Waals surface area contributed by atoms with E-state index in [1.807, 2.05) is 6.07 Å². The SMILES string of the molecule is CCCc1nc(Br)cc(NC(C)c2cccs2)n1. The second-order valence-electron chi connectivity index (χ2n) is 4.12. The molecule has 96 valence electrons. The van der Waals surface area contributed by atoms with E-state index in [9.17, 15) is 0 Å². The molecule has 1 atom stereocenters. The minimum atomic E-state index is 0.265. The normalized spacial score (nSPS) is 12.4. The van der Waals surface area contributed by atoms with E-state index < -0.39 is 0 Å². The number of aromatic nitrogens is 2. The Balaban J connectivity index is 2.13. The Morgan fingerprint density at radius 1 is 1.44 bits per heavy atom. The second-order valence-corrected chi connectivity index (χ2v) is 5.92. The molecule has 18 heavy (non-hydrogen) atoms. The number of hydrogen-bond acceptors (Lipinski definition) is 4. The van der Waals surface area contributed by atoms with Gasteiger partial charge in [-0.2, -0.15) is 0 Å². The Hall–Kier alpha value is -0.940. The zero-order valence-corrected chi connectivity index (χ0v) is 12.9. The van der Waals surface area contributed by atoms with Crippen LogP contribution in [0.25, 0.3) is 0 Å². The van der Waals surface area contributed by atoms with E-state index in [0.29, 0.717) is 0 Å². The van der Waals surface area contributed by atoms with Crippen molar-refractivity contribution in [1.82, 2.24) is 9.97 Å². The summed E-state index contributed by atoms with van der Waals surface area (Å²) in [5.41, 5.74) is 0. The molecule has 2 rings (SSSR count). The first-order chi connectivity index (χ1) is 8.69. The summed E-state index contributed by atoms with van der Waals surface area (Å²) >= 11 is 5.18. The number of thiophene rings is 1. The zero-order chi connectivity index (χ0) is 13.0. The van der Waals surface area contributed by atoms with Crippen molar-refractivity contribution in [2.45, 2.75) is 32.7 Å². The van der Waals surface area contributed by atoms with Gasteiger partial charge in [0.2, 0.25) is 0 Å². The quantitative estimate of drug-likeness (QED) is 0.826. The van der Waals surface area contributed by atoms with E-state index in [1.165, 1.54) is 4.88 Å². The van der Waals surface area contributed by atoms with Crippen LogP contribution in [0, 0.1) is 0 Å². The molecule has 0 radical (unpaired) electrons. The van der Waals surface area contributed by atoms with Gasteiger partial charge in [-0.25, -0.2) is 9.97 Å². The fourth-order valence-corrected chi connectivity index (χ4v) is 2.86. The van der Waals surface area contributed by atoms with Crippen molar-refractivity contribution in [3.05, 3.63) is 38.9 Å². The van der Waals surface area contributed by atoms with Gasteiger partial charge in [0.25, 0.3) is 0 Å². The van der Waals surface area contributed by atoms with Crippen molar-refractivity contribution in [3.8, 4) is 0 Å². The summed E-state index contributed by atoms with van der Waals surface area (Å²) in [5, 5.41) is 5.50. The van der Waals surface area contributed by atoms with Crippen LogP contribution in [0.5, 0.6) is 0 Å². The monoisotopic (exact) mass is 325 g/mol. The van der Waals surface area contributed by atoms with Crippen LogP contribution in [0.3, 0.4) is 0 Å². The lowest BCUT2D eigenvalue weighted by molar-refractivity contribution is 0.817. The van der Waals surface area contributed by atoms with Crippen molar-refractivity contribution in [2.24, 2.45) is 0 Å². The molecule has 0 bridgehead atoms. The second kappa shape index (κ2) is 6.29. The number of aryl methyl sites for hydroxylation is 1.